The molecule has 0 spiro atoms. The Morgan fingerprint density at radius 1 is 1.22 bits per heavy atom. The molecule has 4 heteroatoms. The van der Waals surface area contributed by atoms with Crippen molar-refractivity contribution in [3.05, 3.63) is 53.1 Å². The number of phenols is 1. The Hall–Kier alpha value is -2.49. The molecule has 120 valence electrons. The van der Waals surface area contributed by atoms with Gasteiger partial charge in [-0.2, -0.15) is 0 Å². The summed E-state index contributed by atoms with van der Waals surface area (Å²) in [7, 11) is 0. The van der Waals surface area contributed by atoms with Gasteiger partial charge in [0.05, 0.1) is 5.69 Å². The fraction of sp³-hybridized carbons (Fsp3) is 0.316. The van der Waals surface area contributed by atoms with Crippen LogP contribution in [0, 0.1) is 13.8 Å². The third kappa shape index (κ3) is 2.77. The van der Waals surface area contributed by atoms with E-state index >= 15 is 0 Å². The molecule has 0 aliphatic carbocycles. The minimum atomic E-state index is -0.565. The predicted octanol–water partition coefficient (Wildman–Crippen LogP) is 3.37. The fourth-order valence-corrected chi connectivity index (χ4v) is 3.00. The van der Waals surface area contributed by atoms with Crippen LogP contribution in [-0.4, -0.2) is 23.7 Å². The Labute approximate surface area is 136 Å². The maximum Gasteiger partial charge on any atom is 0.268 e. The van der Waals surface area contributed by atoms with Gasteiger partial charge in [-0.3, -0.25) is 4.79 Å². The van der Waals surface area contributed by atoms with Crippen molar-refractivity contribution < 1.29 is 14.6 Å². The molecule has 0 aromatic heterocycles. The molecule has 0 fully saturated rings. The summed E-state index contributed by atoms with van der Waals surface area (Å²) in [5.74, 6) is 0.660. The third-order valence-corrected chi connectivity index (χ3v) is 4.48. The number of carbonyl (C=O) groups is 1. The van der Waals surface area contributed by atoms with Crippen molar-refractivity contribution in [1.82, 2.24) is 0 Å². The van der Waals surface area contributed by atoms with Gasteiger partial charge in [0.15, 0.2) is 6.10 Å². The van der Waals surface area contributed by atoms with Crippen LogP contribution < -0.4 is 9.64 Å². The van der Waals surface area contributed by atoms with Crippen molar-refractivity contribution in [2.24, 2.45) is 0 Å². The number of hydrogen-bond acceptors (Lipinski definition) is 3. The molecule has 1 atom stereocenters. The van der Waals surface area contributed by atoms with E-state index in [1.807, 2.05) is 19.1 Å². The molecule has 1 heterocycles. The summed E-state index contributed by atoms with van der Waals surface area (Å²) >= 11 is 0. The quantitative estimate of drug-likeness (QED) is 0.945. The van der Waals surface area contributed by atoms with Gasteiger partial charge in [0.2, 0.25) is 0 Å². The van der Waals surface area contributed by atoms with Crippen molar-refractivity contribution in [3.63, 3.8) is 0 Å². The summed E-state index contributed by atoms with van der Waals surface area (Å²) in [6.07, 6.45) is -0.0393. The number of fused-ring (bicyclic) bond motifs is 1. The largest absolute Gasteiger partial charge is 0.508 e. The molecule has 3 rings (SSSR count). The van der Waals surface area contributed by atoms with E-state index in [9.17, 15) is 9.90 Å². The number of aryl methyl sites for hydroxylation is 1. The van der Waals surface area contributed by atoms with Crippen molar-refractivity contribution in [2.75, 3.05) is 11.4 Å². The molecule has 0 radical (unpaired) electrons. The number of amides is 1. The molecule has 1 unspecified atom stereocenters. The van der Waals surface area contributed by atoms with Crippen LogP contribution in [0.1, 0.15) is 23.6 Å². The zero-order valence-electron chi connectivity index (χ0n) is 13.7. The van der Waals surface area contributed by atoms with Crippen molar-refractivity contribution in [3.8, 4) is 11.5 Å². The smallest absolute Gasteiger partial charge is 0.268 e. The second-order valence-electron chi connectivity index (χ2n) is 5.90. The number of hydrogen-bond donors (Lipinski definition) is 1. The van der Waals surface area contributed by atoms with Crippen LogP contribution >= 0.6 is 0 Å². The number of anilines is 1. The Bertz CT molecular complexity index is 754. The van der Waals surface area contributed by atoms with E-state index in [4.69, 9.17) is 4.74 Å². The van der Waals surface area contributed by atoms with Gasteiger partial charge in [-0.25, -0.2) is 0 Å². The zero-order chi connectivity index (χ0) is 16.6. The van der Waals surface area contributed by atoms with Gasteiger partial charge >= 0.3 is 0 Å². The summed E-state index contributed by atoms with van der Waals surface area (Å²) in [5.41, 5.74) is 4.22. The number of carbonyl (C=O) groups excluding carboxylic acids is 1. The molecule has 23 heavy (non-hydrogen) atoms. The van der Waals surface area contributed by atoms with Gasteiger partial charge < -0.3 is 14.7 Å². The molecular weight excluding hydrogens is 290 g/mol. The molecule has 1 amide bonds. The van der Waals surface area contributed by atoms with E-state index in [1.165, 1.54) is 11.1 Å². The molecule has 2 aromatic carbocycles. The van der Waals surface area contributed by atoms with Gasteiger partial charge in [-0.15, -0.1) is 0 Å². The highest BCUT2D eigenvalue weighted by molar-refractivity contribution is 6.00. The van der Waals surface area contributed by atoms with E-state index in [-0.39, 0.29) is 11.7 Å². The average molecular weight is 311 g/mol. The summed E-state index contributed by atoms with van der Waals surface area (Å²) in [6.45, 7) is 6.64. The van der Waals surface area contributed by atoms with E-state index in [1.54, 1.807) is 23.1 Å². The maximum absolute atomic E-state index is 12.7. The first-order chi connectivity index (χ1) is 11.0. The number of likely N-dealkylation sites (N-methyl/N-ethyl adjacent to an activating group) is 1. The number of benzene rings is 2. The topological polar surface area (TPSA) is 49.8 Å². The van der Waals surface area contributed by atoms with Crippen LogP contribution in [0.15, 0.2) is 36.4 Å². The number of nitrogens with zero attached hydrogens (tertiary/aromatic N) is 1. The van der Waals surface area contributed by atoms with E-state index < -0.39 is 6.10 Å². The van der Waals surface area contributed by atoms with Crippen LogP contribution in [0.4, 0.5) is 5.69 Å². The van der Waals surface area contributed by atoms with Gasteiger partial charge in [0, 0.05) is 19.0 Å². The zero-order valence-corrected chi connectivity index (χ0v) is 13.7. The van der Waals surface area contributed by atoms with Crippen LogP contribution in [0.25, 0.3) is 0 Å². The van der Waals surface area contributed by atoms with Crippen molar-refractivity contribution >= 4 is 11.6 Å². The molecular formula is C19H21NO3. The number of rotatable bonds is 3. The summed E-state index contributed by atoms with van der Waals surface area (Å²) in [5, 5.41) is 9.69. The first kappa shape index (κ1) is 15.4. The molecule has 1 aliphatic rings. The van der Waals surface area contributed by atoms with Gasteiger partial charge in [0.25, 0.3) is 5.91 Å². The van der Waals surface area contributed by atoms with Crippen molar-refractivity contribution in [1.29, 1.82) is 0 Å². The minimum absolute atomic E-state index is 0.0356. The second-order valence-corrected chi connectivity index (χ2v) is 5.90. The highest BCUT2D eigenvalue weighted by atomic mass is 16.5. The Kier molecular flexibility index (Phi) is 3.99. The first-order valence-electron chi connectivity index (χ1n) is 7.87. The Balaban J connectivity index is 1.95. The number of aromatic hydroxyl groups is 1. The first-order valence-corrected chi connectivity index (χ1v) is 7.87. The van der Waals surface area contributed by atoms with E-state index in [0.29, 0.717) is 24.4 Å². The van der Waals surface area contributed by atoms with Crippen LogP contribution in [0.2, 0.25) is 0 Å². The number of ether oxygens (including phenoxy) is 1. The van der Waals surface area contributed by atoms with Gasteiger partial charge in [-0.05, 0) is 49.6 Å². The fourth-order valence-electron chi connectivity index (χ4n) is 3.00. The van der Waals surface area contributed by atoms with Gasteiger partial charge in [-0.1, -0.05) is 18.2 Å². The Morgan fingerprint density at radius 3 is 2.74 bits per heavy atom. The minimum Gasteiger partial charge on any atom is -0.508 e. The molecule has 0 saturated heterocycles. The van der Waals surface area contributed by atoms with Gasteiger partial charge in [0.1, 0.15) is 11.5 Å². The maximum atomic E-state index is 12.7. The highest BCUT2D eigenvalue weighted by Gasteiger charge is 2.34. The van der Waals surface area contributed by atoms with Crippen LogP contribution in [0.3, 0.4) is 0 Å². The molecule has 0 bridgehead atoms. The molecule has 4 nitrogen and oxygen atoms in total. The highest BCUT2D eigenvalue weighted by Crippen LogP contribution is 2.37. The molecule has 0 saturated carbocycles. The average Bonchev–Trinajstić information content (AvgIpc) is 2.53. The van der Waals surface area contributed by atoms with E-state index in [0.717, 1.165) is 5.56 Å². The Morgan fingerprint density at radius 2 is 2.00 bits per heavy atom. The number of phenolic OH excluding ortho intramolecular Hbond substituents is 1. The normalized spacial score (nSPS) is 16.9. The molecule has 1 aliphatic heterocycles. The molecule has 2 aromatic rings. The third-order valence-electron chi connectivity index (χ3n) is 4.48. The summed E-state index contributed by atoms with van der Waals surface area (Å²) in [6, 6.07) is 11.0. The lowest BCUT2D eigenvalue weighted by Gasteiger charge is -2.34. The monoisotopic (exact) mass is 311 g/mol. The lowest BCUT2D eigenvalue weighted by molar-refractivity contribution is -0.126. The lowest BCUT2D eigenvalue weighted by atomic mass is 9.97. The lowest BCUT2D eigenvalue weighted by Crippen LogP contribution is -2.46. The van der Waals surface area contributed by atoms with Crippen LogP contribution in [0.5, 0.6) is 11.5 Å². The van der Waals surface area contributed by atoms with Crippen molar-refractivity contribution in [2.45, 2.75) is 33.3 Å². The predicted molar refractivity (Wildman–Crippen MR) is 90.2 cm³/mol. The molecule has 1 N–H and O–H groups in total. The second kappa shape index (κ2) is 5.95. The standard InChI is InChI=1S/C19H21NO3/c1-4-20-16-9-8-15(21)11-17(16)23-18(19(20)22)10-14-7-5-6-12(2)13(14)3/h5-9,11,18,21H,4,10H2,1-3H3. The summed E-state index contributed by atoms with van der Waals surface area (Å²) < 4.78 is 5.90. The van der Waals surface area contributed by atoms with Crippen LogP contribution in [-0.2, 0) is 11.2 Å². The van der Waals surface area contributed by atoms with E-state index in [2.05, 4.69) is 19.9 Å². The SMILES string of the molecule is CCN1C(=O)C(Cc2cccc(C)c2C)Oc2cc(O)ccc21. The summed E-state index contributed by atoms with van der Waals surface area (Å²) in [4.78, 5) is 14.5.